The molecule has 0 aromatic heterocycles. The van der Waals surface area contributed by atoms with Gasteiger partial charge in [0.25, 0.3) is 0 Å². The van der Waals surface area contributed by atoms with Gasteiger partial charge in [0.1, 0.15) is 0 Å². The predicted molar refractivity (Wildman–Crippen MR) is 50.3 cm³/mol. The van der Waals surface area contributed by atoms with Crippen LogP contribution in [0.1, 0.15) is 54.4 Å². The molecule has 1 atom stereocenters. The number of hydrogen-bond acceptors (Lipinski definition) is 0. The average molecular weight is 144 g/mol. The molecule has 0 saturated heterocycles. The van der Waals surface area contributed by atoms with Crippen LogP contribution in [0.15, 0.2) is 0 Å². The third kappa shape index (κ3) is 8.00. The summed E-state index contributed by atoms with van der Waals surface area (Å²) in [5.41, 5.74) is 0. The Kier molecular flexibility index (Phi) is 11.4. The molecule has 0 amide bonds. The molecular formula is C10H24. The highest BCUT2D eigenvalue weighted by Crippen LogP contribution is 2.14. The largest absolute Gasteiger partial charge is 0.0683 e. The average Bonchev–Trinajstić information content (AvgIpc) is 1.93. The molecule has 10 heavy (non-hydrogen) atoms. The Morgan fingerprint density at radius 3 is 1.50 bits per heavy atom. The molecule has 0 aromatic carbocycles. The zero-order chi connectivity index (χ0) is 8.57. The van der Waals surface area contributed by atoms with Crippen LogP contribution in [0.4, 0.5) is 0 Å². The molecule has 0 rings (SSSR count). The Morgan fingerprint density at radius 1 is 1.00 bits per heavy atom. The van der Waals surface area contributed by atoms with E-state index in [1.165, 1.54) is 12.8 Å². The Balaban J connectivity index is 0. The van der Waals surface area contributed by atoms with Gasteiger partial charge in [-0.1, -0.05) is 54.4 Å². The molecule has 0 spiro atoms. The van der Waals surface area contributed by atoms with Crippen molar-refractivity contribution in [2.75, 3.05) is 0 Å². The van der Waals surface area contributed by atoms with E-state index >= 15 is 0 Å². The summed E-state index contributed by atoms with van der Waals surface area (Å²) in [6, 6.07) is 0. The molecule has 0 aliphatic heterocycles. The number of hydrogen-bond donors (Lipinski definition) is 0. The van der Waals surface area contributed by atoms with Crippen molar-refractivity contribution >= 4 is 0 Å². The van der Waals surface area contributed by atoms with Crippen molar-refractivity contribution in [1.29, 1.82) is 0 Å². The summed E-state index contributed by atoms with van der Waals surface area (Å²) in [7, 11) is 0. The Hall–Kier alpha value is 0. The van der Waals surface area contributed by atoms with E-state index in [4.69, 9.17) is 0 Å². The minimum atomic E-state index is 0.870. The van der Waals surface area contributed by atoms with Gasteiger partial charge in [-0.15, -0.1) is 0 Å². The molecule has 0 bridgehead atoms. The van der Waals surface area contributed by atoms with Crippen LogP contribution in [0.3, 0.4) is 0 Å². The van der Waals surface area contributed by atoms with E-state index in [-0.39, 0.29) is 0 Å². The molecule has 0 nitrogen and oxygen atoms in total. The zero-order valence-corrected chi connectivity index (χ0v) is 8.57. The standard InChI is InChI=1S/C8H18.C2H6/c1-5-6-8(4)7(2)3;1-2/h7-8H,5-6H2,1-4H3;1-2H3. The minimum Gasteiger partial charge on any atom is -0.0683 e. The van der Waals surface area contributed by atoms with Crippen molar-refractivity contribution in [1.82, 2.24) is 0 Å². The SMILES string of the molecule is CC.CCCC(C)C(C)C. The third-order valence-corrected chi connectivity index (χ3v) is 1.88. The second kappa shape index (κ2) is 9.00. The second-order valence-electron chi connectivity index (χ2n) is 3.01. The monoisotopic (exact) mass is 144 g/mol. The van der Waals surface area contributed by atoms with Crippen LogP contribution >= 0.6 is 0 Å². The summed E-state index contributed by atoms with van der Waals surface area (Å²) >= 11 is 0. The van der Waals surface area contributed by atoms with Crippen LogP contribution in [-0.4, -0.2) is 0 Å². The van der Waals surface area contributed by atoms with Gasteiger partial charge in [0.05, 0.1) is 0 Å². The van der Waals surface area contributed by atoms with E-state index in [1.807, 2.05) is 13.8 Å². The lowest BCUT2D eigenvalue weighted by Crippen LogP contribution is -2.02. The van der Waals surface area contributed by atoms with Crippen LogP contribution in [0.2, 0.25) is 0 Å². The molecule has 0 aliphatic carbocycles. The summed E-state index contributed by atoms with van der Waals surface area (Å²) in [6.45, 7) is 13.2. The van der Waals surface area contributed by atoms with Gasteiger partial charge in [0.15, 0.2) is 0 Å². The van der Waals surface area contributed by atoms with Gasteiger partial charge in [-0.05, 0) is 11.8 Å². The maximum Gasteiger partial charge on any atom is -0.0420 e. The van der Waals surface area contributed by atoms with Gasteiger partial charge in [-0.3, -0.25) is 0 Å². The third-order valence-electron chi connectivity index (χ3n) is 1.88. The zero-order valence-electron chi connectivity index (χ0n) is 8.57. The normalized spacial score (nSPS) is 12.3. The van der Waals surface area contributed by atoms with Crippen molar-refractivity contribution in [2.24, 2.45) is 11.8 Å². The summed E-state index contributed by atoms with van der Waals surface area (Å²) < 4.78 is 0. The first-order valence-corrected chi connectivity index (χ1v) is 4.68. The lowest BCUT2D eigenvalue weighted by atomic mass is 9.94. The van der Waals surface area contributed by atoms with Crippen LogP contribution in [0, 0.1) is 11.8 Å². The van der Waals surface area contributed by atoms with E-state index in [0.29, 0.717) is 0 Å². The molecule has 0 aliphatic rings. The first-order valence-electron chi connectivity index (χ1n) is 4.68. The highest BCUT2D eigenvalue weighted by atomic mass is 14.1. The van der Waals surface area contributed by atoms with Crippen LogP contribution in [0.5, 0.6) is 0 Å². The molecule has 64 valence electrons. The Labute approximate surface area is 67.0 Å². The molecule has 0 aromatic rings. The molecule has 0 radical (unpaired) electrons. The molecule has 0 fully saturated rings. The van der Waals surface area contributed by atoms with E-state index in [1.54, 1.807) is 0 Å². The second-order valence-corrected chi connectivity index (χ2v) is 3.01. The minimum absolute atomic E-state index is 0.870. The molecular weight excluding hydrogens is 120 g/mol. The quantitative estimate of drug-likeness (QED) is 0.559. The van der Waals surface area contributed by atoms with E-state index < -0.39 is 0 Å². The topological polar surface area (TPSA) is 0 Å². The van der Waals surface area contributed by atoms with Crippen molar-refractivity contribution < 1.29 is 0 Å². The summed E-state index contributed by atoms with van der Waals surface area (Å²) in [5, 5.41) is 0. The van der Waals surface area contributed by atoms with Gasteiger partial charge in [-0.2, -0.15) is 0 Å². The van der Waals surface area contributed by atoms with Gasteiger partial charge in [-0.25, -0.2) is 0 Å². The van der Waals surface area contributed by atoms with Crippen LogP contribution in [0.25, 0.3) is 0 Å². The fourth-order valence-electron chi connectivity index (χ4n) is 0.789. The van der Waals surface area contributed by atoms with Gasteiger partial charge in [0.2, 0.25) is 0 Å². The molecule has 1 unspecified atom stereocenters. The first kappa shape index (κ1) is 12.7. The van der Waals surface area contributed by atoms with Crippen LogP contribution in [-0.2, 0) is 0 Å². The predicted octanol–water partition coefficient (Wildman–Crippen LogP) is 4.10. The molecule has 0 heterocycles. The maximum atomic E-state index is 2.33. The molecule has 0 N–H and O–H groups in total. The van der Waals surface area contributed by atoms with E-state index in [9.17, 15) is 0 Å². The Morgan fingerprint density at radius 2 is 1.40 bits per heavy atom. The van der Waals surface area contributed by atoms with E-state index in [0.717, 1.165) is 11.8 Å². The van der Waals surface area contributed by atoms with Crippen molar-refractivity contribution in [3.8, 4) is 0 Å². The van der Waals surface area contributed by atoms with Crippen molar-refractivity contribution in [3.63, 3.8) is 0 Å². The van der Waals surface area contributed by atoms with Crippen molar-refractivity contribution in [2.45, 2.75) is 54.4 Å². The maximum absolute atomic E-state index is 2.33. The van der Waals surface area contributed by atoms with Crippen LogP contribution < -0.4 is 0 Å². The smallest absolute Gasteiger partial charge is 0.0420 e. The van der Waals surface area contributed by atoms with Gasteiger partial charge in [0, 0.05) is 0 Å². The number of rotatable bonds is 3. The lowest BCUT2D eigenvalue weighted by molar-refractivity contribution is 0.389. The molecule has 0 saturated carbocycles. The van der Waals surface area contributed by atoms with Gasteiger partial charge >= 0.3 is 0 Å². The molecule has 0 heteroatoms. The Bertz CT molecular complexity index is 46.0. The van der Waals surface area contributed by atoms with Gasteiger partial charge < -0.3 is 0 Å². The lowest BCUT2D eigenvalue weighted by Gasteiger charge is -2.12. The van der Waals surface area contributed by atoms with Crippen molar-refractivity contribution in [3.05, 3.63) is 0 Å². The highest BCUT2D eigenvalue weighted by molar-refractivity contribution is 4.54. The first-order chi connectivity index (χ1) is 4.68. The fraction of sp³-hybridized carbons (Fsp3) is 1.00. The summed E-state index contributed by atoms with van der Waals surface area (Å²) in [6.07, 6.45) is 2.72. The fourth-order valence-corrected chi connectivity index (χ4v) is 0.789. The summed E-state index contributed by atoms with van der Waals surface area (Å²) in [4.78, 5) is 0. The highest BCUT2D eigenvalue weighted by Gasteiger charge is 2.03. The van der Waals surface area contributed by atoms with E-state index in [2.05, 4.69) is 27.7 Å². The summed E-state index contributed by atoms with van der Waals surface area (Å²) in [5.74, 6) is 1.79.